The molecule has 0 N–H and O–H groups in total. The molecule has 0 radical (unpaired) electrons. The second kappa shape index (κ2) is 10.4. The molecule has 1 aliphatic rings. The number of halogens is 1. The molecule has 0 fully saturated rings. The predicted molar refractivity (Wildman–Crippen MR) is 128 cm³/mol. The van der Waals surface area contributed by atoms with Crippen molar-refractivity contribution in [3.8, 4) is 5.75 Å². The van der Waals surface area contributed by atoms with Gasteiger partial charge in [0.05, 0.1) is 29.0 Å². The van der Waals surface area contributed by atoms with Crippen molar-refractivity contribution < 1.29 is 33.0 Å². The zero-order chi connectivity index (χ0) is 25.8. The number of imide groups is 1. The lowest BCUT2D eigenvalue weighted by Gasteiger charge is -2.17. The molecule has 9 heteroatoms. The number of nitrogens with zero attached hydrogens (tertiary/aromatic N) is 2. The van der Waals surface area contributed by atoms with Crippen molar-refractivity contribution in [3.63, 3.8) is 0 Å². The molecule has 184 valence electrons. The van der Waals surface area contributed by atoms with Crippen LogP contribution in [0.2, 0.25) is 0 Å². The average Bonchev–Trinajstić information content (AvgIpc) is 3.13. The van der Waals surface area contributed by atoms with Crippen LogP contribution in [0.1, 0.15) is 43.6 Å². The molecule has 8 nitrogen and oxygen atoms in total. The number of esters is 1. The van der Waals surface area contributed by atoms with Gasteiger partial charge in [0.2, 0.25) is 0 Å². The molecule has 0 aromatic heterocycles. The molecule has 36 heavy (non-hydrogen) atoms. The summed E-state index contributed by atoms with van der Waals surface area (Å²) in [5.41, 5.74) is 1.27. The lowest BCUT2D eigenvalue weighted by molar-refractivity contribution is -0.133. The van der Waals surface area contributed by atoms with E-state index in [9.17, 15) is 23.6 Å². The Morgan fingerprint density at radius 2 is 1.58 bits per heavy atom. The molecule has 3 aromatic rings. The first-order valence-electron chi connectivity index (χ1n) is 11.2. The predicted octanol–water partition coefficient (Wildman–Crippen LogP) is 3.84. The van der Waals surface area contributed by atoms with Crippen LogP contribution in [-0.4, -0.2) is 48.9 Å². The van der Waals surface area contributed by atoms with Crippen molar-refractivity contribution in [3.05, 3.63) is 94.8 Å². The van der Waals surface area contributed by atoms with Crippen molar-refractivity contribution in [2.24, 2.45) is 0 Å². The lowest BCUT2D eigenvalue weighted by Crippen LogP contribution is -2.30. The molecule has 0 saturated heterocycles. The smallest absolute Gasteiger partial charge is 0.338 e. The summed E-state index contributed by atoms with van der Waals surface area (Å²) in [6.07, 6.45) is 0. The highest BCUT2D eigenvalue weighted by molar-refractivity contribution is 6.34. The van der Waals surface area contributed by atoms with Crippen molar-refractivity contribution in [2.75, 3.05) is 25.2 Å². The highest BCUT2D eigenvalue weighted by Crippen LogP contribution is 2.29. The van der Waals surface area contributed by atoms with E-state index in [4.69, 9.17) is 9.47 Å². The van der Waals surface area contributed by atoms with Crippen LogP contribution in [0.5, 0.6) is 5.75 Å². The fourth-order valence-electron chi connectivity index (χ4n) is 3.73. The molecular formula is C27H23FN2O6. The summed E-state index contributed by atoms with van der Waals surface area (Å²) in [5, 5.41) is 0. The van der Waals surface area contributed by atoms with E-state index in [1.807, 2.05) is 31.2 Å². The molecule has 0 spiro atoms. The number of carbonyl (C=O) groups is 4. The maximum Gasteiger partial charge on any atom is 0.338 e. The minimum Gasteiger partial charge on any atom is -0.494 e. The Morgan fingerprint density at radius 1 is 0.917 bits per heavy atom. The molecule has 0 bridgehead atoms. The molecule has 1 aliphatic heterocycles. The quantitative estimate of drug-likeness (QED) is 0.352. The number of benzene rings is 3. The molecule has 3 aromatic carbocycles. The van der Waals surface area contributed by atoms with E-state index in [-0.39, 0.29) is 22.4 Å². The minimum absolute atomic E-state index is 0.0257. The molecule has 0 aliphatic carbocycles. The first-order chi connectivity index (χ1) is 17.3. The maximum atomic E-state index is 13.2. The van der Waals surface area contributed by atoms with Gasteiger partial charge in [0, 0.05) is 13.6 Å². The number of ether oxygens (including phenoxy) is 2. The number of hydrogen-bond acceptors (Lipinski definition) is 6. The Morgan fingerprint density at radius 3 is 2.25 bits per heavy atom. The minimum atomic E-state index is -0.805. The summed E-state index contributed by atoms with van der Waals surface area (Å²) in [5.74, 6) is -2.19. The largest absolute Gasteiger partial charge is 0.494 e. The number of anilines is 1. The zero-order valence-corrected chi connectivity index (χ0v) is 19.7. The first-order valence-corrected chi connectivity index (χ1v) is 11.2. The molecule has 0 saturated carbocycles. The summed E-state index contributed by atoms with van der Waals surface area (Å²) in [6, 6.07) is 16.2. The van der Waals surface area contributed by atoms with Crippen LogP contribution in [0, 0.1) is 5.82 Å². The van der Waals surface area contributed by atoms with Gasteiger partial charge in [0.25, 0.3) is 17.7 Å². The van der Waals surface area contributed by atoms with E-state index >= 15 is 0 Å². The Hall–Kier alpha value is -4.53. The second-order valence-electron chi connectivity index (χ2n) is 8.09. The van der Waals surface area contributed by atoms with Gasteiger partial charge in [-0.2, -0.15) is 0 Å². The summed E-state index contributed by atoms with van der Waals surface area (Å²) >= 11 is 0. The number of rotatable bonds is 8. The van der Waals surface area contributed by atoms with Gasteiger partial charge in [-0.15, -0.1) is 0 Å². The van der Waals surface area contributed by atoms with Crippen molar-refractivity contribution in [2.45, 2.75) is 13.5 Å². The third kappa shape index (κ3) is 5.10. The standard InChI is InChI=1S/C27H23FN2O6/c1-3-35-21-11-4-17(5-12-21)15-29(2)24(31)16-36-27(34)18-6-13-22-23(14-18)26(33)30(25(22)32)20-9-7-19(28)8-10-20/h4-14H,3,15-16H2,1-2H3. The van der Waals surface area contributed by atoms with E-state index in [1.165, 1.54) is 35.2 Å². The van der Waals surface area contributed by atoms with Gasteiger partial charge in [-0.3, -0.25) is 14.4 Å². The summed E-state index contributed by atoms with van der Waals surface area (Å²) in [6.45, 7) is 2.28. The fourth-order valence-corrected chi connectivity index (χ4v) is 3.73. The number of likely N-dealkylation sites (N-methyl/N-ethyl adjacent to an activating group) is 1. The zero-order valence-electron chi connectivity index (χ0n) is 19.7. The van der Waals surface area contributed by atoms with E-state index in [0.29, 0.717) is 13.2 Å². The summed E-state index contributed by atoms with van der Waals surface area (Å²) in [4.78, 5) is 52.9. The normalized spacial score (nSPS) is 12.4. The van der Waals surface area contributed by atoms with Crippen molar-refractivity contribution >= 4 is 29.4 Å². The van der Waals surface area contributed by atoms with Crippen molar-refractivity contribution in [1.82, 2.24) is 4.90 Å². The molecule has 3 amide bonds. The Kier molecular flexibility index (Phi) is 7.10. The number of hydrogen-bond donors (Lipinski definition) is 0. The van der Waals surface area contributed by atoms with E-state index in [0.717, 1.165) is 28.3 Å². The topological polar surface area (TPSA) is 93.2 Å². The van der Waals surface area contributed by atoms with Gasteiger partial charge in [-0.05, 0) is 67.1 Å². The van der Waals surface area contributed by atoms with Gasteiger partial charge in [0.15, 0.2) is 6.61 Å². The SMILES string of the molecule is CCOc1ccc(CN(C)C(=O)COC(=O)c2ccc3c(c2)C(=O)N(c2ccc(F)cc2)C3=O)cc1. The van der Waals surface area contributed by atoms with Crippen LogP contribution < -0.4 is 9.64 Å². The van der Waals surface area contributed by atoms with E-state index in [2.05, 4.69) is 0 Å². The van der Waals surface area contributed by atoms with Crippen LogP contribution in [-0.2, 0) is 16.1 Å². The van der Waals surface area contributed by atoms with Gasteiger partial charge in [0.1, 0.15) is 11.6 Å². The Labute approximate surface area is 206 Å². The summed E-state index contributed by atoms with van der Waals surface area (Å²) in [7, 11) is 1.59. The van der Waals surface area contributed by atoms with Gasteiger partial charge >= 0.3 is 5.97 Å². The van der Waals surface area contributed by atoms with Crippen LogP contribution in [0.3, 0.4) is 0 Å². The van der Waals surface area contributed by atoms with Crippen LogP contribution >= 0.6 is 0 Å². The fraction of sp³-hybridized carbons (Fsp3) is 0.185. The van der Waals surface area contributed by atoms with Gasteiger partial charge < -0.3 is 14.4 Å². The highest BCUT2D eigenvalue weighted by Gasteiger charge is 2.37. The number of carbonyl (C=O) groups excluding carboxylic acids is 4. The lowest BCUT2D eigenvalue weighted by atomic mass is 10.1. The third-order valence-corrected chi connectivity index (χ3v) is 5.61. The number of fused-ring (bicyclic) bond motifs is 1. The summed E-state index contributed by atoms with van der Waals surface area (Å²) < 4.78 is 23.8. The third-order valence-electron chi connectivity index (χ3n) is 5.61. The van der Waals surface area contributed by atoms with Gasteiger partial charge in [-0.25, -0.2) is 14.1 Å². The molecule has 1 heterocycles. The number of amides is 3. The average molecular weight is 490 g/mol. The highest BCUT2D eigenvalue weighted by atomic mass is 19.1. The monoisotopic (exact) mass is 490 g/mol. The van der Waals surface area contributed by atoms with Gasteiger partial charge in [-0.1, -0.05) is 12.1 Å². The molecule has 0 atom stereocenters. The molecular weight excluding hydrogens is 467 g/mol. The van der Waals surface area contributed by atoms with E-state index in [1.54, 1.807) is 7.05 Å². The van der Waals surface area contributed by atoms with Crippen LogP contribution in [0.4, 0.5) is 10.1 Å². The molecule has 0 unspecified atom stereocenters. The Bertz CT molecular complexity index is 1320. The second-order valence-corrected chi connectivity index (χ2v) is 8.09. The van der Waals surface area contributed by atoms with Crippen LogP contribution in [0.15, 0.2) is 66.7 Å². The van der Waals surface area contributed by atoms with Crippen LogP contribution in [0.25, 0.3) is 0 Å². The maximum absolute atomic E-state index is 13.2. The molecule has 4 rings (SSSR count). The van der Waals surface area contributed by atoms with E-state index < -0.39 is 36.1 Å². The van der Waals surface area contributed by atoms with Crippen molar-refractivity contribution in [1.29, 1.82) is 0 Å². The first kappa shape index (κ1) is 24.6. The Balaban J connectivity index is 1.37.